The van der Waals surface area contributed by atoms with Crippen LogP contribution in [-0.4, -0.2) is 31.2 Å². The number of hydrogen-bond donors (Lipinski definition) is 3. The van der Waals surface area contributed by atoms with Crippen LogP contribution in [0.5, 0.6) is 0 Å². The molecule has 0 saturated heterocycles. The van der Waals surface area contributed by atoms with Crippen LogP contribution < -0.4 is 11.3 Å². The minimum atomic E-state index is -0.300. The number of rotatable bonds is 2. The molecule has 2 aliphatic carbocycles. The predicted molar refractivity (Wildman–Crippen MR) is 77.7 cm³/mol. The summed E-state index contributed by atoms with van der Waals surface area (Å²) in [4.78, 5) is 22.8. The van der Waals surface area contributed by atoms with Crippen molar-refractivity contribution in [1.82, 2.24) is 19.5 Å². The van der Waals surface area contributed by atoms with E-state index in [2.05, 4.69) is 15.0 Å². The molecule has 112 valence electrons. The van der Waals surface area contributed by atoms with Gasteiger partial charge in [-0.25, -0.2) is 4.98 Å². The fraction of sp³-hybridized carbons (Fsp3) is 0.643. The first-order valence-electron chi connectivity index (χ1n) is 7.46. The van der Waals surface area contributed by atoms with Crippen molar-refractivity contribution in [3.63, 3.8) is 0 Å². The second kappa shape index (κ2) is 4.30. The Morgan fingerprint density at radius 3 is 3.19 bits per heavy atom. The molecule has 0 aliphatic heterocycles. The first kappa shape index (κ1) is 12.8. The average Bonchev–Trinajstić information content (AvgIpc) is 3.08. The summed E-state index contributed by atoms with van der Waals surface area (Å²) in [5.74, 6) is 0.675. The molecule has 0 radical (unpaired) electrons. The van der Waals surface area contributed by atoms with E-state index in [0.717, 1.165) is 19.3 Å². The van der Waals surface area contributed by atoms with Crippen molar-refractivity contribution >= 4 is 17.1 Å². The number of anilines is 1. The van der Waals surface area contributed by atoms with Gasteiger partial charge in [0.25, 0.3) is 5.56 Å². The maximum absolute atomic E-state index is 11.9. The van der Waals surface area contributed by atoms with E-state index in [1.807, 2.05) is 4.57 Å². The standard InChI is InChI=1S/C14H19N5O2/c15-13-17-11-10(12(21)18-13)16-7-19(11)9-4-8-2-1-3-14(8,5-9)6-20/h7-9,20H,1-6H2,(H3,15,17,18,21)/t8-,9-,14+/m0/s1. The molecule has 21 heavy (non-hydrogen) atoms. The molecule has 0 spiro atoms. The Balaban J connectivity index is 1.77. The highest BCUT2D eigenvalue weighted by Gasteiger charge is 2.50. The summed E-state index contributed by atoms with van der Waals surface area (Å²) in [6.07, 6.45) is 7.10. The first-order valence-corrected chi connectivity index (χ1v) is 7.46. The predicted octanol–water partition coefficient (Wildman–Crippen LogP) is 0.815. The molecule has 2 fully saturated rings. The Morgan fingerprint density at radius 1 is 1.57 bits per heavy atom. The van der Waals surface area contributed by atoms with Gasteiger partial charge in [-0.1, -0.05) is 6.42 Å². The number of nitrogens with two attached hydrogens (primary N) is 1. The van der Waals surface area contributed by atoms with Crippen LogP contribution in [-0.2, 0) is 0 Å². The Hall–Kier alpha value is -1.89. The molecule has 2 aliphatic rings. The average molecular weight is 289 g/mol. The second-order valence-electron chi connectivity index (χ2n) is 6.48. The van der Waals surface area contributed by atoms with Gasteiger partial charge in [0, 0.05) is 12.6 Å². The highest BCUT2D eigenvalue weighted by Crippen LogP contribution is 2.57. The number of nitrogens with zero attached hydrogens (tertiary/aromatic N) is 3. The monoisotopic (exact) mass is 289 g/mol. The number of nitrogen functional groups attached to an aromatic ring is 1. The van der Waals surface area contributed by atoms with Crippen LogP contribution in [0.2, 0.25) is 0 Å². The van der Waals surface area contributed by atoms with E-state index in [9.17, 15) is 9.90 Å². The molecule has 0 bridgehead atoms. The third-order valence-corrected chi connectivity index (χ3v) is 5.45. The smallest absolute Gasteiger partial charge is 0.280 e. The van der Waals surface area contributed by atoms with Crippen LogP contribution in [0.25, 0.3) is 11.2 Å². The zero-order valence-electron chi connectivity index (χ0n) is 11.7. The Labute approximate surface area is 121 Å². The van der Waals surface area contributed by atoms with Gasteiger partial charge in [0.1, 0.15) is 0 Å². The number of aromatic nitrogens is 4. The van der Waals surface area contributed by atoms with E-state index in [4.69, 9.17) is 5.73 Å². The minimum absolute atomic E-state index is 0.0496. The van der Waals surface area contributed by atoms with Gasteiger partial charge in [0.2, 0.25) is 5.95 Å². The van der Waals surface area contributed by atoms with Crippen molar-refractivity contribution in [3.05, 3.63) is 16.7 Å². The van der Waals surface area contributed by atoms with Gasteiger partial charge in [0.15, 0.2) is 11.2 Å². The SMILES string of the molecule is Nc1nc2c(ncn2[C@H]2C[C@@H]3CCC[C@]3(CO)C2)c(=O)[nH]1. The third kappa shape index (κ3) is 1.73. The minimum Gasteiger partial charge on any atom is -0.396 e. The maximum Gasteiger partial charge on any atom is 0.280 e. The lowest BCUT2D eigenvalue weighted by molar-refractivity contribution is 0.104. The lowest BCUT2D eigenvalue weighted by atomic mass is 9.81. The number of aliphatic hydroxyl groups is 1. The summed E-state index contributed by atoms with van der Waals surface area (Å²) >= 11 is 0. The largest absolute Gasteiger partial charge is 0.396 e. The fourth-order valence-corrected chi connectivity index (χ4v) is 4.42. The van der Waals surface area contributed by atoms with Crippen molar-refractivity contribution in [3.8, 4) is 0 Å². The van der Waals surface area contributed by atoms with Crippen molar-refractivity contribution in [2.75, 3.05) is 12.3 Å². The van der Waals surface area contributed by atoms with E-state index in [-0.39, 0.29) is 29.6 Å². The van der Waals surface area contributed by atoms with Crippen LogP contribution in [0.15, 0.2) is 11.1 Å². The topological polar surface area (TPSA) is 110 Å². The molecule has 0 unspecified atom stereocenters. The van der Waals surface area contributed by atoms with E-state index in [1.165, 1.54) is 12.8 Å². The number of aliphatic hydroxyl groups excluding tert-OH is 1. The van der Waals surface area contributed by atoms with Crippen molar-refractivity contribution < 1.29 is 5.11 Å². The van der Waals surface area contributed by atoms with Gasteiger partial charge in [-0.05, 0) is 37.0 Å². The fourth-order valence-electron chi connectivity index (χ4n) is 4.42. The van der Waals surface area contributed by atoms with E-state index >= 15 is 0 Å². The Morgan fingerprint density at radius 2 is 2.43 bits per heavy atom. The molecule has 7 heteroatoms. The van der Waals surface area contributed by atoms with Gasteiger partial charge in [-0.3, -0.25) is 9.78 Å². The molecule has 4 rings (SSSR count). The molecule has 2 heterocycles. The van der Waals surface area contributed by atoms with Gasteiger partial charge >= 0.3 is 0 Å². The molecule has 0 aromatic carbocycles. The van der Waals surface area contributed by atoms with E-state index < -0.39 is 0 Å². The Bertz CT molecular complexity index is 751. The number of hydrogen-bond acceptors (Lipinski definition) is 5. The molecule has 7 nitrogen and oxygen atoms in total. The zero-order valence-corrected chi connectivity index (χ0v) is 11.7. The molecular formula is C14H19N5O2. The summed E-state index contributed by atoms with van der Waals surface area (Å²) in [5, 5.41) is 9.83. The second-order valence-corrected chi connectivity index (χ2v) is 6.48. The van der Waals surface area contributed by atoms with Crippen molar-refractivity contribution in [2.45, 2.75) is 38.1 Å². The Kier molecular flexibility index (Phi) is 2.63. The lowest BCUT2D eigenvalue weighted by Gasteiger charge is -2.26. The highest BCUT2D eigenvalue weighted by molar-refractivity contribution is 5.70. The van der Waals surface area contributed by atoms with Crippen LogP contribution in [0.1, 0.15) is 38.1 Å². The quantitative estimate of drug-likeness (QED) is 0.758. The number of H-pyrrole nitrogens is 1. The number of nitrogens with one attached hydrogen (secondary N) is 1. The van der Waals surface area contributed by atoms with Crippen LogP contribution >= 0.6 is 0 Å². The maximum atomic E-state index is 11.9. The van der Waals surface area contributed by atoms with Gasteiger partial charge < -0.3 is 15.4 Å². The molecule has 4 N–H and O–H groups in total. The third-order valence-electron chi connectivity index (χ3n) is 5.45. The van der Waals surface area contributed by atoms with Crippen LogP contribution in [0, 0.1) is 11.3 Å². The zero-order chi connectivity index (χ0) is 14.6. The summed E-state index contributed by atoms with van der Waals surface area (Å²) in [5.41, 5.74) is 6.28. The molecule has 2 saturated carbocycles. The summed E-state index contributed by atoms with van der Waals surface area (Å²) in [6, 6.07) is 0.237. The summed E-state index contributed by atoms with van der Waals surface area (Å²) in [6.45, 7) is 0.247. The molecule has 0 amide bonds. The summed E-state index contributed by atoms with van der Waals surface area (Å²) < 4.78 is 1.97. The van der Waals surface area contributed by atoms with Crippen LogP contribution in [0.4, 0.5) is 5.95 Å². The first-order chi connectivity index (χ1) is 10.1. The summed E-state index contributed by atoms with van der Waals surface area (Å²) in [7, 11) is 0. The molecular weight excluding hydrogens is 270 g/mol. The lowest BCUT2D eigenvalue weighted by Crippen LogP contribution is -2.24. The van der Waals surface area contributed by atoms with Crippen LogP contribution in [0.3, 0.4) is 0 Å². The van der Waals surface area contributed by atoms with Gasteiger partial charge in [-0.2, -0.15) is 4.98 Å². The normalized spacial score (nSPS) is 31.9. The van der Waals surface area contributed by atoms with E-state index in [1.54, 1.807) is 6.33 Å². The molecule has 3 atom stereocenters. The van der Waals surface area contributed by atoms with Gasteiger partial charge in [0.05, 0.1) is 6.33 Å². The number of imidazole rings is 1. The number of fused-ring (bicyclic) bond motifs is 2. The van der Waals surface area contributed by atoms with Gasteiger partial charge in [-0.15, -0.1) is 0 Å². The molecule has 2 aromatic heterocycles. The highest BCUT2D eigenvalue weighted by atomic mass is 16.3. The van der Waals surface area contributed by atoms with E-state index in [0.29, 0.717) is 17.1 Å². The molecule has 2 aromatic rings. The van der Waals surface area contributed by atoms with Crippen molar-refractivity contribution in [1.29, 1.82) is 0 Å². The van der Waals surface area contributed by atoms with Crippen molar-refractivity contribution in [2.24, 2.45) is 11.3 Å². The number of aromatic amines is 1.